The molecule has 0 spiro atoms. The molecular formula is C12H14O5. The van der Waals surface area contributed by atoms with E-state index < -0.39 is 28.6 Å². The molecule has 5 nitrogen and oxygen atoms in total. The summed E-state index contributed by atoms with van der Waals surface area (Å²) < 4.78 is 10.8. The summed E-state index contributed by atoms with van der Waals surface area (Å²) in [6, 6.07) is 0. The molecule has 2 bridgehead atoms. The molecule has 3 heterocycles. The zero-order valence-corrected chi connectivity index (χ0v) is 9.82. The predicted molar refractivity (Wildman–Crippen MR) is 55.1 cm³/mol. The molecule has 4 atom stereocenters. The maximum Gasteiger partial charge on any atom is 0.315 e. The number of ketones is 2. The van der Waals surface area contributed by atoms with E-state index in [-0.39, 0.29) is 12.0 Å². The highest BCUT2D eigenvalue weighted by molar-refractivity contribution is 6.40. The van der Waals surface area contributed by atoms with E-state index in [2.05, 4.69) is 0 Å². The van der Waals surface area contributed by atoms with Crippen molar-refractivity contribution in [2.75, 3.05) is 6.61 Å². The van der Waals surface area contributed by atoms with E-state index in [1.807, 2.05) is 0 Å². The van der Waals surface area contributed by atoms with Crippen molar-refractivity contribution in [2.45, 2.75) is 38.4 Å². The molecule has 0 N–H and O–H groups in total. The first-order valence-corrected chi connectivity index (χ1v) is 5.84. The summed E-state index contributed by atoms with van der Waals surface area (Å²) in [4.78, 5) is 35.4. The fraction of sp³-hybridized carbons (Fsp3) is 0.750. The number of Topliss-reactive ketones (excluding diaryl/α,β-unsaturated/α-hetero) is 2. The smallest absolute Gasteiger partial charge is 0.315 e. The number of rotatable bonds is 2. The van der Waals surface area contributed by atoms with Crippen molar-refractivity contribution >= 4 is 17.5 Å². The lowest BCUT2D eigenvalue weighted by molar-refractivity contribution is -0.166. The SMILES string of the molecule is CC(=O)C(=O)[C@]12CC[C@H](O1)[C@H]1COC(=O)[C@@]12C. The first-order chi connectivity index (χ1) is 7.93. The standard InChI is InChI=1S/C12H14O5/c1-6(13)9(14)12-4-3-8(17-12)7-5-16-10(15)11(7,12)2/h7-8H,3-5H2,1-2H3/t7-,8+,11-,12+/m1/s1. The minimum absolute atomic E-state index is 0.0907. The lowest BCUT2D eigenvalue weighted by Crippen LogP contribution is -2.56. The van der Waals surface area contributed by atoms with Crippen LogP contribution in [-0.4, -0.2) is 35.8 Å². The number of hydrogen-bond donors (Lipinski definition) is 0. The van der Waals surface area contributed by atoms with Crippen molar-refractivity contribution in [3.05, 3.63) is 0 Å². The monoisotopic (exact) mass is 238 g/mol. The summed E-state index contributed by atoms with van der Waals surface area (Å²) in [5, 5.41) is 0. The minimum atomic E-state index is -1.26. The molecule has 17 heavy (non-hydrogen) atoms. The summed E-state index contributed by atoms with van der Waals surface area (Å²) >= 11 is 0. The molecule has 3 aliphatic heterocycles. The number of hydrogen-bond acceptors (Lipinski definition) is 5. The number of carbonyl (C=O) groups excluding carboxylic acids is 3. The maximum atomic E-state index is 12.1. The van der Waals surface area contributed by atoms with Gasteiger partial charge in [-0.25, -0.2) is 0 Å². The number of esters is 1. The molecule has 3 aliphatic rings. The van der Waals surface area contributed by atoms with Crippen LogP contribution in [0.5, 0.6) is 0 Å². The maximum absolute atomic E-state index is 12.1. The Morgan fingerprint density at radius 2 is 2.12 bits per heavy atom. The van der Waals surface area contributed by atoms with Gasteiger partial charge in [-0.05, 0) is 19.8 Å². The lowest BCUT2D eigenvalue weighted by Gasteiger charge is -2.36. The van der Waals surface area contributed by atoms with Crippen molar-refractivity contribution in [1.29, 1.82) is 0 Å². The molecule has 0 aromatic carbocycles. The Bertz CT molecular complexity index is 442. The van der Waals surface area contributed by atoms with Crippen LogP contribution in [0, 0.1) is 11.3 Å². The predicted octanol–water partition coefficient (Wildman–Crippen LogP) is 0.255. The van der Waals surface area contributed by atoms with E-state index >= 15 is 0 Å². The normalized spacial score (nSPS) is 46.8. The van der Waals surface area contributed by atoms with Crippen LogP contribution >= 0.6 is 0 Å². The molecule has 3 saturated heterocycles. The fourth-order valence-corrected chi connectivity index (χ4v) is 3.65. The van der Waals surface area contributed by atoms with Crippen LogP contribution in [0.25, 0.3) is 0 Å². The number of fused-ring (bicyclic) bond motifs is 5. The Hall–Kier alpha value is -1.23. The van der Waals surface area contributed by atoms with Crippen molar-refractivity contribution < 1.29 is 23.9 Å². The molecule has 0 aromatic heterocycles. The van der Waals surface area contributed by atoms with Crippen molar-refractivity contribution in [2.24, 2.45) is 11.3 Å². The van der Waals surface area contributed by atoms with Gasteiger partial charge in [0.05, 0.1) is 12.7 Å². The topological polar surface area (TPSA) is 69.7 Å². The van der Waals surface area contributed by atoms with Crippen molar-refractivity contribution in [3.63, 3.8) is 0 Å². The quantitative estimate of drug-likeness (QED) is 0.509. The summed E-state index contributed by atoms with van der Waals surface area (Å²) in [5.74, 6) is -1.62. The molecule has 3 rings (SSSR count). The number of ether oxygens (including phenoxy) is 2. The Morgan fingerprint density at radius 3 is 2.76 bits per heavy atom. The largest absolute Gasteiger partial charge is 0.465 e. The summed E-state index contributed by atoms with van der Waals surface area (Å²) in [5.41, 5.74) is -2.24. The summed E-state index contributed by atoms with van der Waals surface area (Å²) in [6.07, 6.45) is 1.03. The van der Waals surface area contributed by atoms with Gasteiger partial charge in [0.25, 0.3) is 0 Å². The fourth-order valence-electron chi connectivity index (χ4n) is 3.65. The first-order valence-electron chi connectivity index (χ1n) is 5.84. The van der Waals surface area contributed by atoms with E-state index in [9.17, 15) is 14.4 Å². The van der Waals surface area contributed by atoms with Gasteiger partial charge in [0.1, 0.15) is 5.41 Å². The highest BCUT2D eigenvalue weighted by Gasteiger charge is 2.76. The molecule has 0 unspecified atom stereocenters. The average Bonchev–Trinajstić information content (AvgIpc) is 2.89. The minimum Gasteiger partial charge on any atom is -0.465 e. The van der Waals surface area contributed by atoms with Gasteiger partial charge < -0.3 is 9.47 Å². The van der Waals surface area contributed by atoms with Crippen LogP contribution < -0.4 is 0 Å². The molecule has 0 aromatic rings. The number of cyclic esters (lactones) is 1. The molecule has 5 heteroatoms. The van der Waals surface area contributed by atoms with Crippen molar-refractivity contribution in [3.8, 4) is 0 Å². The van der Waals surface area contributed by atoms with E-state index in [4.69, 9.17) is 9.47 Å². The molecule has 0 aliphatic carbocycles. The van der Waals surface area contributed by atoms with E-state index in [1.165, 1.54) is 6.92 Å². The van der Waals surface area contributed by atoms with Gasteiger partial charge in [0, 0.05) is 12.8 Å². The third-order valence-corrected chi connectivity index (χ3v) is 4.67. The van der Waals surface area contributed by atoms with Crippen LogP contribution in [-0.2, 0) is 23.9 Å². The van der Waals surface area contributed by atoms with Gasteiger partial charge in [-0.2, -0.15) is 0 Å². The van der Waals surface area contributed by atoms with Gasteiger partial charge in [-0.1, -0.05) is 0 Å². The molecule has 92 valence electrons. The van der Waals surface area contributed by atoms with Gasteiger partial charge in [-0.15, -0.1) is 0 Å². The summed E-state index contributed by atoms with van der Waals surface area (Å²) in [7, 11) is 0. The Kier molecular flexibility index (Phi) is 1.90. The van der Waals surface area contributed by atoms with E-state index in [1.54, 1.807) is 6.92 Å². The van der Waals surface area contributed by atoms with Gasteiger partial charge in [0.15, 0.2) is 11.4 Å². The Balaban J connectivity index is 2.13. The third kappa shape index (κ3) is 0.972. The van der Waals surface area contributed by atoms with Crippen LogP contribution in [0.2, 0.25) is 0 Å². The van der Waals surface area contributed by atoms with Gasteiger partial charge in [-0.3, -0.25) is 14.4 Å². The second-order valence-electron chi connectivity index (χ2n) is 5.31. The Morgan fingerprint density at radius 1 is 1.41 bits per heavy atom. The molecule has 3 fully saturated rings. The van der Waals surface area contributed by atoms with E-state index in [0.717, 1.165) is 6.42 Å². The zero-order chi connectivity index (χ0) is 12.4. The van der Waals surface area contributed by atoms with Gasteiger partial charge >= 0.3 is 5.97 Å². The lowest BCUT2D eigenvalue weighted by atomic mass is 9.60. The van der Waals surface area contributed by atoms with Crippen LogP contribution in [0.1, 0.15) is 26.7 Å². The molecule has 0 amide bonds. The second-order valence-corrected chi connectivity index (χ2v) is 5.31. The van der Waals surface area contributed by atoms with Crippen molar-refractivity contribution in [1.82, 2.24) is 0 Å². The van der Waals surface area contributed by atoms with E-state index in [0.29, 0.717) is 13.0 Å². The van der Waals surface area contributed by atoms with Crippen LogP contribution in [0.4, 0.5) is 0 Å². The number of carbonyl (C=O) groups is 3. The molecule has 0 saturated carbocycles. The Labute approximate surface area is 98.4 Å². The second kappa shape index (κ2) is 2.96. The van der Waals surface area contributed by atoms with Crippen LogP contribution in [0.15, 0.2) is 0 Å². The van der Waals surface area contributed by atoms with Gasteiger partial charge in [0.2, 0.25) is 5.78 Å². The third-order valence-electron chi connectivity index (χ3n) is 4.67. The summed E-state index contributed by atoms with van der Waals surface area (Å²) in [6.45, 7) is 3.23. The zero-order valence-electron chi connectivity index (χ0n) is 9.82. The average molecular weight is 238 g/mol. The molecular weight excluding hydrogens is 224 g/mol. The highest BCUT2D eigenvalue weighted by atomic mass is 16.6. The molecule has 0 radical (unpaired) electrons. The highest BCUT2D eigenvalue weighted by Crippen LogP contribution is 2.62. The first kappa shape index (κ1) is 10.9. The van der Waals surface area contributed by atoms with Crippen LogP contribution in [0.3, 0.4) is 0 Å².